The van der Waals surface area contributed by atoms with Gasteiger partial charge in [0.1, 0.15) is 11.6 Å². The summed E-state index contributed by atoms with van der Waals surface area (Å²) in [7, 11) is 1.57. The summed E-state index contributed by atoms with van der Waals surface area (Å²) in [5, 5.41) is 3.62. The maximum atomic E-state index is 12.7. The van der Waals surface area contributed by atoms with Crippen LogP contribution in [0.15, 0.2) is 65.4 Å². The molecule has 10 nitrogen and oxygen atoms in total. The lowest BCUT2D eigenvalue weighted by Crippen LogP contribution is -2.40. The molecular weight excluding hydrogens is 486 g/mol. The normalized spacial score (nSPS) is 13.7. The second kappa shape index (κ2) is 11.1. The Hall–Kier alpha value is -4.70. The molecule has 0 saturated carbocycles. The Morgan fingerprint density at radius 3 is 2.66 bits per heavy atom. The van der Waals surface area contributed by atoms with Gasteiger partial charge in [0.2, 0.25) is 5.91 Å². The number of anilines is 1. The molecule has 3 N–H and O–H groups in total. The van der Waals surface area contributed by atoms with Gasteiger partial charge in [-0.15, -0.1) is 0 Å². The van der Waals surface area contributed by atoms with Crippen molar-refractivity contribution in [2.24, 2.45) is 0 Å². The lowest BCUT2D eigenvalue weighted by molar-refractivity contribution is -0.116. The fourth-order valence-corrected chi connectivity index (χ4v) is 4.12. The van der Waals surface area contributed by atoms with E-state index in [0.717, 1.165) is 16.5 Å². The zero-order valence-corrected chi connectivity index (χ0v) is 20.8. The number of carbonyl (C=O) groups excluding carboxylic acids is 2. The van der Waals surface area contributed by atoms with Gasteiger partial charge in [-0.05, 0) is 54.1 Å². The Bertz CT molecular complexity index is 1470. The minimum Gasteiger partial charge on any atom is -0.493 e. The van der Waals surface area contributed by atoms with Gasteiger partial charge in [-0.3, -0.25) is 14.6 Å². The molecule has 1 saturated heterocycles. The van der Waals surface area contributed by atoms with Crippen molar-refractivity contribution < 1.29 is 23.5 Å². The van der Waals surface area contributed by atoms with Crippen LogP contribution in [0, 0.1) is 0 Å². The Morgan fingerprint density at radius 2 is 1.95 bits per heavy atom. The number of carbonyl (C=O) groups is 2. The Kier molecular flexibility index (Phi) is 7.32. The van der Waals surface area contributed by atoms with Crippen LogP contribution in [0.1, 0.15) is 21.7 Å². The Morgan fingerprint density at radius 1 is 1.11 bits per heavy atom. The van der Waals surface area contributed by atoms with Crippen molar-refractivity contribution in [2.45, 2.75) is 6.54 Å². The number of amides is 2. The van der Waals surface area contributed by atoms with Crippen molar-refractivity contribution in [3.05, 3.63) is 77.8 Å². The molecular formula is C28H27N5O5. The fourth-order valence-electron chi connectivity index (χ4n) is 4.12. The molecule has 0 atom stereocenters. The molecule has 1 fully saturated rings. The quantitative estimate of drug-likeness (QED) is 0.360. The Balaban J connectivity index is 1.29. The van der Waals surface area contributed by atoms with Gasteiger partial charge in [0.05, 0.1) is 38.1 Å². The van der Waals surface area contributed by atoms with Gasteiger partial charge in [0.25, 0.3) is 5.91 Å². The first-order valence-electron chi connectivity index (χ1n) is 12.1. The van der Waals surface area contributed by atoms with Crippen LogP contribution in [-0.4, -0.2) is 60.1 Å². The highest BCUT2D eigenvalue weighted by Crippen LogP contribution is 2.34. The SMILES string of the molecule is COc1cc(-c2ccc(C(=O)N3CCOCC3)cn2)cc2cc(CNC(=O)C=Cc3ccc(N)nc3)oc12. The van der Waals surface area contributed by atoms with Crippen molar-refractivity contribution in [1.82, 2.24) is 20.2 Å². The number of fused-ring (bicyclic) bond motifs is 1. The maximum Gasteiger partial charge on any atom is 0.255 e. The number of nitrogens with zero attached hydrogens (tertiary/aromatic N) is 3. The molecule has 2 amide bonds. The number of nitrogens with two attached hydrogens (primary N) is 1. The highest BCUT2D eigenvalue weighted by molar-refractivity contribution is 5.95. The van der Waals surface area contributed by atoms with Gasteiger partial charge in [0.15, 0.2) is 11.3 Å². The van der Waals surface area contributed by atoms with E-state index >= 15 is 0 Å². The van der Waals surface area contributed by atoms with E-state index in [0.29, 0.717) is 60.5 Å². The van der Waals surface area contributed by atoms with Crippen LogP contribution >= 0.6 is 0 Å². The van der Waals surface area contributed by atoms with Crippen molar-refractivity contribution >= 4 is 34.7 Å². The van der Waals surface area contributed by atoms with E-state index in [1.807, 2.05) is 24.3 Å². The zero-order chi connectivity index (χ0) is 26.5. The molecule has 0 radical (unpaired) electrons. The van der Waals surface area contributed by atoms with Crippen molar-refractivity contribution in [3.8, 4) is 17.0 Å². The Labute approximate surface area is 219 Å². The van der Waals surface area contributed by atoms with E-state index in [1.54, 1.807) is 48.7 Å². The number of pyridine rings is 2. The number of morpholine rings is 1. The number of benzene rings is 1. The van der Waals surface area contributed by atoms with Crippen molar-refractivity contribution in [2.75, 3.05) is 39.1 Å². The van der Waals surface area contributed by atoms with Crippen LogP contribution in [0.5, 0.6) is 5.75 Å². The van der Waals surface area contributed by atoms with Crippen LogP contribution in [-0.2, 0) is 16.1 Å². The molecule has 194 valence electrons. The number of methoxy groups -OCH3 is 1. The first-order valence-corrected chi connectivity index (χ1v) is 12.1. The maximum absolute atomic E-state index is 12.7. The second-order valence-corrected chi connectivity index (χ2v) is 8.71. The molecule has 10 heteroatoms. The van der Waals surface area contributed by atoms with Crippen molar-refractivity contribution in [1.29, 1.82) is 0 Å². The summed E-state index contributed by atoms with van der Waals surface area (Å²) in [4.78, 5) is 35.3. The highest BCUT2D eigenvalue weighted by atomic mass is 16.5. The summed E-state index contributed by atoms with van der Waals surface area (Å²) < 4.78 is 16.8. The summed E-state index contributed by atoms with van der Waals surface area (Å²) in [6, 6.07) is 12.7. The van der Waals surface area contributed by atoms with Crippen LogP contribution in [0.2, 0.25) is 0 Å². The van der Waals surface area contributed by atoms with Crippen LogP contribution in [0.3, 0.4) is 0 Å². The average Bonchev–Trinajstić information content (AvgIpc) is 3.38. The molecule has 0 bridgehead atoms. The van der Waals surface area contributed by atoms with E-state index in [1.165, 1.54) is 6.08 Å². The number of ether oxygens (including phenoxy) is 2. The van der Waals surface area contributed by atoms with Gasteiger partial charge in [0, 0.05) is 42.5 Å². The van der Waals surface area contributed by atoms with Gasteiger partial charge >= 0.3 is 0 Å². The first-order chi connectivity index (χ1) is 18.5. The van der Waals surface area contributed by atoms with E-state index in [-0.39, 0.29) is 18.4 Å². The lowest BCUT2D eigenvalue weighted by Gasteiger charge is -2.26. The third-order valence-corrected chi connectivity index (χ3v) is 6.13. The third-order valence-electron chi connectivity index (χ3n) is 6.13. The van der Waals surface area contributed by atoms with Gasteiger partial charge in [-0.25, -0.2) is 4.98 Å². The second-order valence-electron chi connectivity index (χ2n) is 8.71. The number of nitrogens with one attached hydrogen (secondary N) is 1. The molecule has 38 heavy (non-hydrogen) atoms. The summed E-state index contributed by atoms with van der Waals surface area (Å²) in [5.74, 6) is 1.21. The number of rotatable bonds is 7. The number of hydrogen-bond donors (Lipinski definition) is 2. The molecule has 1 aliphatic rings. The topological polar surface area (TPSA) is 133 Å². The summed E-state index contributed by atoms with van der Waals surface area (Å²) in [5.41, 5.74) is 8.96. The number of furan rings is 1. The molecule has 3 aromatic heterocycles. The summed E-state index contributed by atoms with van der Waals surface area (Å²) in [6.45, 7) is 2.45. The number of aromatic nitrogens is 2. The minimum absolute atomic E-state index is 0.0538. The predicted molar refractivity (Wildman–Crippen MR) is 142 cm³/mol. The molecule has 0 spiro atoms. The van der Waals surface area contributed by atoms with Crippen LogP contribution in [0.25, 0.3) is 28.3 Å². The highest BCUT2D eigenvalue weighted by Gasteiger charge is 2.19. The van der Waals surface area contributed by atoms with Crippen LogP contribution < -0.4 is 15.8 Å². The number of nitrogen functional groups attached to an aromatic ring is 1. The van der Waals surface area contributed by atoms with Crippen LogP contribution in [0.4, 0.5) is 5.82 Å². The third kappa shape index (κ3) is 5.65. The standard InChI is InChI=1S/C28H27N5O5/c1-36-24-14-20(23-5-4-19(16-30-23)28(35)33-8-10-37-11-9-33)12-21-13-22(38-27(21)24)17-32-26(34)7-3-18-2-6-25(29)31-15-18/h2-7,12-16H,8-11,17H2,1H3,(H2,29,31)(H,32,34). The summed E-state index contributed by atoms with van der Waals surface area (Å²) in [6.07, 6.45) is 6.26. The van der Waals surface area contributed by atoms with E-state index in [4.69, 9.17) is 19.6 Å². The first kappa shape index (κ1) is 25.0. The largest absolute Gasteiger partial charge is 0.493 e. The predicted octanol–water partition coefficient (Wildman–Crippen LogP) is 3.28. The molecule has 1 aromatic carbocycles. The smallest absolute Gasteiger partial charge is 0.255 e. The molecule has 1 aliphatic heterocycles. The van der Waals surface area contributed by atoms with Gasteiger partial charge < -0.3 is 29.8 Å². The lowest BCUT2D eigenvalue weighted by atomic mass is 10.1. The number of hydrogen-bond acceptors (Lipinski definition) is 8. The monoisotopic (exact) mass is 513 g/mol. The van der Waals surface area contributed by atoms with Gasteiger partial charge in [-0.1, -0.05) is 0 Å². The van der Waals surface area contributed by atoms with E-state index < -0.39 is 0 Å². The fraction of sp³-hybridized carbons (Fsp3) is 0.214. The molecule has 0 aliphatic carbocycles. The molecule has 4 heterocycles. The minimum atomic E-state index is -0.272. The zero-order valence-electron chi connectivity index (χ0n) is 20.8. The molecule has 0 unspecified atom stereocenters. The van der Waals surface area contributed by atoms with Crippen molar-refractivity contribution in [3.63, 3.8) is 0 Å². The summed E-state index contributed by atoms with van der Waals surface area (Å²) >= 11 is 0. The molecule has 5 rings (SSSR count). The molecule has 4 aromatic rings. The van der Waals surface area contributed by atoms with Gasteiger partial charge in [-0.2, -0.15) is 0 Å². The van der Waals surface area contributed by atoms with E-state index in [9.17, 15) is 9.59 Å². The average molecular weight is 514 g/mol. The van der Waals surface area contributed by atoms with E-state index in [2.05, 4.69) is 15.3 Å².